The predicted octanol–water partition coefficient (Wildman–Crippen LogP) is 12.9. The van der Waals surface area contributed by atoms with E-state index in [-0.39, 0.29) is 0 Å². The number of carbonyl (C=O) groups excluding carboxylic acids is 2. The van der Waals surface area contributed by atoms with Gasteiger partial charge in [-0.2, -0.15) is 0 Å². The zero-order valence-corrected chi connectivity index (χ0v) is 33.7. The summed E-state index contributed by atoms with van der Waals surface area (Å²) >= 11 is 0. The van der Waals surface area contributed by atoms with Gasteiger partial charge < -0.3 is 23.4 Å². The highest BCUT2D eigenvalue weighted by molar-refractivity contribution is 5.91. The molecule has 0 fully saturated rings. The van der Waals surface area contributed by atoms with Gasteiger partial charge in [0.2, 0.25) is 11.8 Å². The van der Waals surface area contributed by atoms with Crippen LogP contribution in [0.1, 0.15) is 137 Å². The molecule has 0 saturated carbocycles. The lowest BCUT2D eigenvalue weighted by Gasteiger charge is -2.08. The SMILES string of the molecule is CCCCCCCCCCOc1ccc(C(=O)Oc2ccc(-c3nnc(-c4ccc(OC(=O)c5ccc(OCCCCCCCCCC)cc5)cc4)o3)cc2)cc1. The van der Waals surface area contributed by atoms with Crippen LogP contribution in [0.4, 0.5) is 0 Å². The maximum Gasteiger partial charge on any atom is 0.343 e. The van der Waals surface area contributed by atoms with Crippen LogP contribution in [0, 0.1) is 0 Å². The smallest absolute Gasteiger partial charge is 0.343 e. The molecule has 9 nitrogen and oxygen atoms in total. The van der Waals surface area contributed by atoms with Crippen LogP contribution >= 0.6 is 0 Å². The molecular weight excluding hydrogens is 717 g/mol. The van der Waals surface area contributed by atoms with Gasteiger partial charge in [0, 0.05) is 11.1 Å². The second-order valence-corrected chi connectivity index (χ2v) is 14.4. The van der Waals surface area contributed by atoms with E-state index in [0.29, 0.717) is 58.7 Å². The molecule has 0 unspecified atom stereocenters. The Hall–Kier alpha value is -5.44. The Balaban J connectivity index is 1.01. The van der Waals surface area contributed by atoms with Crippen LogP contribution in [0.25, 0.3) is 22.9 Å². The first-order valence-electron chi connectivity index (χ1n) is 21.0. The summed E-state index contributed by atoms with van der Waals surface area (Å²) in [5, 5.41) is 8.38. The predicted molar refractivity (Wildman–Crippen MR) is 224 cm³/mol. The van der Waals surface area contributed by atoms with E-state index in [0.717, 1.165) is 24.3 Å². The van der Waals surface area contributed by atoms with Crippen molar-refractivity contribution in [1.82, 2.24) is 10.2 Å². The largest absolute Gasteiger partial charge is 0.494 e. The van der Waals surface area contributed by atoms with Crippen molar-refractivity contribution >= 4 is 11.9 Å². The molecule has 0 amide bonds. The molecule has 0 aliphatic rings. The number of rotatable bonds is 26. The Morgan fingerprint density at radius 1 is 0.421 bits per heavy atom. The zero-order valence-electron chi connectivity index (χ0n) is 33.7. The quantitative estimate of drug-likeness (QED) is 0.0308. The van der Waals surface area contributed by atoms with Crippen LogP contribution in [0.2, 0.25) is 0 Å². The van der Waals surface area contributed by atoms with Gasteiger partial charge in [-0.15, -0.1) is 10.2 Å². The average molecular weight is 775 g/mol. The molecule has 1 aromatic heterocycles. The molecule has 302 valence electrons. The summed E-state index contributed by atoms with van der Waals surface area (Å²) in [6, 6.07) is 27.8. The van der Waals surface area contributed by atoms with E-state index in [9.17, 15) is 9.59 Å². The maximum absolute atomic E-state index is 12.8. The van der Waals surface area contributed by atoms with Crippen molar-refractivity contribution in [3.8, 4) is 45.9 Å². The van der Waals surface area contributed by atoms with E-state index < -0.39 is 11.9 Å². The summed E-state index contributed by atoms with van der Waals surface area (Å²) in [5.74, 6) is 1.96. The minimum atomic E-state index is -0.460. The number of esters is 2. The topological polar surface area (TPSA) is 110 Å². The van der Waals surface area contributed by atoms with Crippen LogP contribution in [0.3, 0.4) is 0 Å². The van der Waals surface area contributed by atoms with Gasteiger partial charge >= 0.3 is 11.9 Å². The number of unbranched alkanes of at least 4 members (excludes halogenated alkanes) is 14. The summed E-state index contributed by atoms with van der Waals surface area (Å²) in [6.45, 7) is 5.81. The van der Waals surface area contributed by atoms with Gasteiger partial charge in [-0.05, 0) is 110 Å². The first kappa shape index (κ1) is 42.7. The van der Waals surface area contributed by atoms with Crippen molar-refractivity contribution in [1.29, 1.82) is 0 Å². The molecule has 0 aliphatic heterocycles. The first-order chi connectivity index (χ1) is 28.0. The van der Waals surface area contributed by atoms with E-state index in [4.69, 9.17) is 23.4 Å². The van der Waals surface area contributed by atoms with Gasteiger partial charge in [-0.25, -0.2) is 9.59 Å². The number of carbonyl (C=O) groups is 2. The molecule has 0 saturated heterocycles. The van der Waals surface area contributed by atoms with Crippen molar-refractivity contribution in [2.45, 2.75) is 117 Å². The molecule has 0 atom stereocenters. The normalized spacial score (nSPS) is 11.0. The Kier molecular flexibility index (Phi) is 18.2. The summed E-state index contributed by atoms with van der Waals surface area (Å²) in [5.41, 5.74) is 2.21. The molecule has 1 heterocycles. The van der Waals surface area contributed by atoms with Gasteiger partial charge in [-0.1, -0.05) is 104 Å². The second-order valence-electron chi connectivity index (χ2n) is 14.4. The molecule has 9 heteroatoms. The first-order valence-corrected chi connectivity index (χ1v) is 21.0. The van der Waals surface area contributed by atoms with E-state index in [1.807, 2.05) is 0 Å². The second kappa shape index (κ2) is 24.3. The standard InChI is InChI=1S/C48H58N2O7/c1-3-5-7-9-11-13-15-17-35-53-41-27-23-39(24-28-41)47(51)55-43-31-19-37(20-32-43)45-49-50-46(57-45)38-21-33-44(34-22-38)56-48(52)40-25-29-42(30-26-40)54-36-18-16-14-12-10-8-6-4-2/h19-34H,3-18,35-36H2,1-2H3. The number of benzene rings is 4. The highest BCUT2D eigenvalue weighted by atomic mass is 16.5. The number of hydrogen-bond donors (Lipinski definition) is 0. The molecule has 0 aliphatic carbocycles. The number of aromatic nitrogens is 2. The van der Waals surface area contributed by atoms with E-state index in [1.54, 1.807) is 97.1 Å². The average Bonchev–Trinajstić information content (AvgIpc) is 3.74. The number of ether oxygens (including phenoxy) is 4. The van der Waals surface area contributed by atoms with Gasteiger partial charge in [0.1, 0.15) is 23.0 Å². The molecular formula is C48H58N2O7. The Labute approximate surface area is 338 Å². The summed E-state index contributed by atoms with van der Waals surface area (Å²) in [4.78, 5) is 25.6. The fourth-order valence-electron chi connectivity index (χ4n) is 6.35. The van der Waals surface area contributed by atoms with Crippen LogP contribution in [0.15, 0.2) is 101 Å². The van der Waals surface area contributed by atoms with Crippen molar-refractivity contribution in [2.24, 2.45) is 0 Å². The Morgan fingerprint density at radius 3 is 1.09 bits per heavy atom. The molecule has 5 aromatic rings. The lowest BCUT2D eigenvalue weighted by atomic mass is 10.1. The van der Waals surface area contributed by atoms with Crippen molar-refractivity contribution in [3.63, 3.8) is 0 Å². The fourth-order valence-corrected chi connectivity index (χ4v) is 6.35. The lowest BCUT2D eigenvalue weighted by molar-refractivity contribution is 0.0725. The molecule has 0 bridgehead atoms. The van der Waals surface area contributed by atoms with Crippen molar-refractivity contribution in [2.75, 3.05) is 13.2 Å². The molecule has 0 radical (unpaired) electrons. The third kappa shape index (κ3) is 14.9. The minimum absolute atomic E-state index is 0.311. The van der Waals surface area contributed by atoms with Gasteiger partial charge in [-0.3, -0.25) is 0 Å². The van der Waals surface area contributed by atoms with Gasteiger partial charge in [0.05, 0.1) is 24.3 Å². The highest BCUT2D eigenvalue weighted by Gasteiger charge is 2.14. The molecule has 0 N–H and O–H groups in total. The number of nitrogens with zero attached hydrogens (tertiary/aromatic N) is 2. The van der Waals surface area contributed by atoms with E-state index >= 15 is 0 Å². The summed E-state index contributed by atoms with van der Waals surface area (Å²) < 4.78 is 28.8. The maximum atomic E-state index is 12.8. The molecule has 57 heavy (non-hydrogen) atoms. The monoisotopic (exact) mass is 774 g/mol. The fraction of sp³-hybridized carbons (Fsp3) is 0.417. The Morgan fingerprint density at radius 2 is 0.737 bits per heavy atom. The highest BCUT2D eigenvalue weighted by Crippen LogP contribution is 2.28. The number of hydrogen-bond acceptors (Lipinski definition) is 9. The summed E-state index contributed by atoms with van der Waals surface area (Å²) in [7, 11) is 0. The van der Waals surface area contributed by atoms with Gasteiger partial charge in [0.25, 0.3) is 0 Å². The molecule has 0 spiro atoms. The van der Waals surface area contributed by atoms with E-state index in [2.05, 4.69) is 24.0 Å². The van der Waals surface area contributed by atoms with Crippen LogP contribution in [-0.4, -0.2) is 35.3 Å². The third-order valence-corrected chi connectivity index (χ3v) is 9.76. The van der Waals surface area contributed by atoms with Gasteiger partial charge in [0.15, 0.2) is 0 Å². The summed E-state index contributed by atoms with van der Waals surface area (Å²) in [6.07, 6.45) is 20.0. The van der Waals surface area contributed by atoms with Crippen LogP contribution < -0.4 is 18.9 Å². The van der Waals surface area contributed by atoms with Crippen LogP contribution in [-0.2, 0) is 0 Å². The minimum Gasteiger partial charge on any atom is -0.494 e. The Bertz CT molecular complexity index is 1750. The zero-order chi connectivity index (χ0) is 39.9. The van der Waals surface area contributed by atoms with Crippen molar-refractivity contribution in [3.05, 3.63) is 108 Å². The van der Waals surface area contributed by atoms with Crippen molar-refractivity contribution < 1.29 is 33.0 Å². The molecule has 5 rings (SSSR count). The lowest BCUT2D eigenvalue weighted by Crippen LogP contribution is -2.08. The van der Waals surface area contributed by atoms with E-state index in [1.165, 1.54) is 89.9 Å². The van der Waals surface area contributed by atoms with Crippen LogP contribution in [0.5, 0.6) is 23.0 Å². The molecule has 4 aromatic carbocycles. The third-order valence-electron chi connectivity index (χ3n) is 9.76.